The maximum atomic E-state index is 12.3. The zero-order chi connectivity index (χ0) is 19.5. The largest absolute Gasteiger partial charge is 0.494 e. The van der Waals surface area contributed by atoms with Crippen molar-refractivity contribution in [3.05, 3.63) is 66.7 Å². The summed E-state index contributed by atoms with van der Waals surface area (Å²) >= 11 is 5.21. The average Bonchev–Trinajstić information content (AvgIpc) is 2.67. The fourth-order valence-corrected chi connectivity index (χ4v) is 2.40. The number of benzene rings is 2. The van der Waals surface area contributed by atoms with Gasteiger partial charge in [-0.15, -0.1) is 0 Å². The van der Waals surface area contributed by atoms with Crippen LogP contribution in [0.5, 0.6) is 11.5 Å². The predicted molar refractivity (Wildman–Crippen MR) is 113 cm³/mol. The molecule has 0 bridgehead atoms. The Morgan fingerprint density at radius 2 is 1.93 bits per heavy atom. The van der Waals surface area contributed by atoms with E-state index in [1.807, 2.05) is 18.2 Å². The first-order valence-electron chi connectivity index (χ1n) is 8.81. The van der Waals surface area contributed by atoms with E-state index in [2.05, 4.69) is 24.1 Å². The Bertz CT molecular complexity index is 775. The molecule has 0 saturated carbocycles. The number of unbranched alkanes of at least 4 members (excludes halogenated alkanes) is 1. The van der Waals surface area contributed by atoms with Crippen molar-refractivity contribution >= 4 is 28.9 Å². The van der Waals surface area contributed by atoms with Crippen LogP contribution >= 0.6 is 12.2 Å². The molecule has 142 valence electrons. The quantitative estimate of drug-likeness (QED) is 0.377. The highest BCUT2D eigenvalue weighted by Crippen LogP contribution is 2.17. The summed E-state index contributed by atoms with van der Waals surface area (Å²) in [5.74, 6) is 1.15. The van der Waals surface area contributed by atoms with Crippen LogP contribution in [-0.4, -0.2) is 24.2 Å². The van der Waals surface area contributed by atoms with E-state index in [0.29, 0.717) is 24.5 Å². The molecular formula is C21H24N2O3S. The van der Waals surface area contributed by atoms with Crippen molar-refractivity contribution < 1.29 is 14.3 Å². The lowest BCUT2D eigenvalue weighted by molar-refractivity contribution is 0.0977. The van der Waals surface area contributed by atoms with Crippen molar-refractivity contribution in [2.75, 3.05) is 18.5 Å². The molecule has 2 aromatic rings. The number of amides is 1. The number of nitrogens with one attached hydrogen (secondary N) is 2. The van der Waals surface area contributed by atoms with Gasteiger partial charge in [0, 0.05) is 17.3 Å². The van der Waals surface area contributed by atoms with Gasteiger partial charge in [-0.3, -0.25) is 10.1 Å². The van der Waals surface area contributed by atoms with Gasteiger partial charge in [0.2, 0.25) is 0 Å². The van der Waals surface area contributed by atoms with Crippen LogP contribution in [0.1, 0.15) is 30.1 Å². The fraction of sp³-hybridized carbons (Fsp3) is 0.238. The maximum absolute atomic E-state index is 12.3. The molecule has 27 heavy (non-hydrogen) atoms. The van der Waals surface area contributed by atoms with Crippen LogP contribution in [0.15, 0.2) is 61.2 Å². The Morgan fingerprint density at radius 1 is 1.15 bits per heavy atom. The molecule has 6 heteroatoms. The van der Waals surface area contributed by atoms with Gasteiger partial charge in [-0.25, -0.2) is 0 Å². The van der Waals surface area contributed by atoms with Crippen molar-refractivity contribution in [2.24, 2.45) is 0 Å². The van der Waals surface area contributed by atoms with Crippen molar-refractivity contribution in [3.63, 3.8) is 0 Å². The number of ether oxygens (including phenoxy) is 2. The second-order valence-corrected chi connectivity index (χ2v) is 6.17. The third-order valence-corrected chi connectivity index (χ3v) is 3.77. The molecule has 0 radical (unpaired) electrons. The summed E-state index contributed by atoms with van der Waals surface area (Å²) in [5, 5.41) is 5.85. The van der Waals surface area contributed by atoms with Crippen molar-refractivity contribution in [2.45, 2.75) is 19.8 Å². The van der Waals surface area contributed by atoms with Gasteiger partial charge in [0.05, 0.1) is 6.61 Å². The van der Waals surface area contributed by atoms with E-state index in [9.17, 15) is 4.79 Å². The molecule has 0 atom stereocenters. The highest BCUT2D eigenvalue weighted by Gasteiger charge is 2.08. The summed E-state index contributed by atoms with van der Waals surface area (Å²) in [6.45, 7) is 6.82. The zero-order valence-electron chi connectivity index (χ0n) is 15.4. The van der Waals surface area contributed by atoms with Crippen molar-refractivity contribution in [1.82, 2.24) is 5.32 Å². The number of rotatable bonds is 9. The lowest BCUT2D eigenvalue weighted by Crippen LogP contribution is -2.34. The van der Waals surface area contributed by atoms with Crippen LogP contribution in [0.25, 0.3) is 0 Å². The van der Waals surface area contributed by atoms with Crippen LogP contribution in [0, 0.1) is 0 Å². The molecule has 2 N–H and O–H groups in total. The first kappa shape index (κ1) is 20.5. The Balaban J connectivity index is 1.87. The molecule has 0 fully saturated rings. The van der Waals surface area contributed by atoms with Gasteiger partial charge >= 0.3 is 0 Å². The molecular weight excluding hydrogens is 360 g/mol. The van der Waals surface area contributed by atoms with Crippen molar-refractivity contribution in [3.8, 4) is 11.5 Å². The number of hydrogen-bond donors (Lipinski definition) is 2. The first-order chi connectivity index (χ1) is 13.1. The summed E-state index contributed by atoms with van der Waals surface area (Å²) < 4.78 is 11.1. The van der Waals surface area contributed by atoms with Gasteiger partial charge in [0.15, 0.2) is 5.11 Å². The van der Waals surface area contributed by atoms with E-state index in [-0.39, 0.29) is 11.0 Å². The van der Waals surface area contributed by atoms with Gasteiger partial charge in [0.1, 0.15) is 18.1 Å². The van der Waals surface area contributed by atoms with Gasteiger partial charge < -0.3 is 14.8 Å². The molecule has 1 amide bonds. The van der Waals surface area contributed by atoms with Gasteiger partial charge in [-0.05, 0) is 55.0 Å². The summed E-state index contributed by atoms with van der Waals surface area (Å²) in [6.07, 6.45) is 3.75. The minimum absolute atomic E-state index is 0.212. The van der Waals surface area contributed by atoms with Crippen LogP contribution < -0.4 is 20.1 Å². The molecule has 0 aliphatic carbocycles. The summed E-state index contributed by atoms with van der Waals surface area (Å²) in [7, 11) is 0. The smallest absolute Gasteiger partial charge is 0.257 e. The third-order valence-electron chi connectivity index (χ3n) is 3.57. The second kappa shape index (κ2) is 11.0. The number of anilines is 1. The number of carbonyl (C=O) groups excluding carboxylic acids is 1. The second-order valence-electron chi connectivity index (χ2n) is 5.76. The number of carbonyl (C=O) groups is 1. The lowest BCUT2D eigenvalue weighted by Gasteiger charge is -2.11. The van der Waals surface area contributed by atoms with Gasteiger partial charge in [-0.2, -0.15) is 0 Å². The van der Waals surface area contributed by atoms with E-state index < -0.39 is 0 Å². The van der Waals surface area contributed by atoms with Gasteiger partial charge in [0.25, 0.3) is 5.91 Å². The van der Waals surface area contributed by atoms with Crippen LogP contribution in [0.2, 0.25) is 0 Å². The molecule has 0 aliphatic rings. The number of thiocarbonyl (C=S) groups is 1. The Morgan fingerprint density at radius 3 is 2.63 bits per heavy atom. The van der Waals surface area contributed by atoms with E-state index >= 15 is 0 Å². The third kappa shape index (κ3) is 7.11. The first-order valence-corrected chi connectivity index (χ1v) is 9.22. The number of hydrogen-bond acceptors (Lipinski definition) is 4. The average molecular weight is 385 g/mol. The topological polar surface area (TPSA) is 59.6 Å². The summed E-state index contributed by atoms with van der Waals surface area (Å²) in [6, 6.07) is 14.3. The molecule has 0 saturated heterocycles. The lowest BCUT2D eigenvalue weighted by atomic mass is 10.2. The molecule has 0 spiro atoms. The fourth-order valence-electron chi connectivity index (χ4n) is 2.19. The van der Waals surface area contributed by atoms with E-state index in [0.717, 1.165) is 24.3 Å². The minimum Gasteiger partial charge on any atom is -0.494 e. The molecule has 5 nitrogen and oxygen atoms in total. The van der Waals surface area contributed by atoms with Gasteiger partial charge in [-0.1, -0.05) is 32.1 Å². The van der Waals surface area contributed by atoms with Crippen molar-refractivity contribution in [1.29, 1.82) is 0 Å². The Labute approximate surface area is 165 Å². The van der Waals surface area contributed by atoms with Crippen LogP contribution in [0.3, 0.4) is 0 Å². The SMILES string of the molecule is C=CCOc1cccc(NC(=S)NC(=O)c2ccc(OCCCC)cc2)c1. The molecule has 0 unspecified atom stereocenters. The maximum Gasteiger partial charge on any atom is 0.257 e. The van der Waals surface area contributed by atoms with E-state index in [4.69, 9.17) is 21.7 Å². The molecule has 2 rings (SSSR count). The summed E-state index contributed by atoms with van der Waals surface area (Å²) in [5.41, 5.74) is 1.23. The van der Waals surface area contributed by atoms with E-state index in [1.54, 1.807) is 36.4 Å². The van der Waals surface area contributed by atoms with E-state index in [1.165, 1.54) is 0 Å². The molecule has 0 heterocycles. The van der Waals surface area contributed by atoms with Crippen LogP contribution in [0.4, 0.5) is 5.69 Å². The minimum atomic E-state index is -0.285. The highest BCUT2D eigenvalue weighted by molar-refractivity contribution is 7.80. The monoisotopic (exact) mass is 384 g/mol. The zero-order valence-corrected chi connectivity index (χ0v) is 16.2. The highest BCUT2D eigenvalue weighted by atomic mass is 32.1. The standard InChI is InChI=1S/C21H24N2O3S/c1-3-5-14-26-18-11-9-16(10-12-18)20(24)23-21(27)22-17-7-6-8-19(15-17)25-13-4-2/h4,6-12,15H,2-3,5,13-14H2,1H3,(H2,22,23,24,27). The molecule has 2 aromatic carbocycles. The molecule has 0 aliphatic heterocycles. The predicted octanol–water partition coefficient (Wildman–Crippen LogP) is 4.56. The summed E-state index contributed by atoms with van der Waals surface area (Å²) in [4.78, 5) is 12.3. The Hall–Kier alpha value is -2.86. The normalized spacial score (nSPS) is 9.96. The molecule has 0 aromatic heterocycles. The van der Waals surface area contributed by atoms with Crippen LogP contribution in [-0.2, 0) is 0 Å². The Kier molecular flexibility index (Phi) is 8.32.